The van der Waals surface area contributed by atoms with E-state index in [1.54, 1.807) is 0 Å². The van der Waals surface area contributed by atoms with Crippen molar-refractivity contribution >= 4 is 23.0 Å². The molecule has 1 aliphatic heterocycles. The lowest BCUT2D eigenvalue weighted by molar-refractivity contribution is 0.162. The predicted molar refractivity (Wildman–Crippen MR) is 83.5 cm³/mol. The number of hydrogen-bond donors (Lipinski definition) is 2. The number of benzene rings is 1. The van der Waals surface area contributed by atoms with Crippen LogP contribution in [0, 0.1) is 19.8 Å². The first-order valence-corrected chi connectivity index (χ1v) is 7.24. The Bertz CT molecular complexity index is 441. The molecule has 0 aromatic heterocycles. The molecule has 0 amide bonds. The first-order valence-electron chi connectivity index (χ1n) is 6.83. The maximum Gasteiger partial charge on any atom is 0.173 e. The molecule has 1 fully saturated rings. The number of aliphatic hydroxyl groups excluding tert-OH is 1. The second kappa shape index (κ2) is 6.35. The Kier molecular flexibility index (Phi) is 4.77. The van der Waals surface area contributed by atoms with Crippen molar-refractivity contribution < 1.29 is 5.11 Å². The Morgan fingerprint density at radius 1 is 1.37 bits per heavy atom. The predicted octanol–water partition coefficient (Wildman–Crippen LogP) is 2.70. The van der Waals surface area contributed by atoms with Gasteiger partial charge < -0.3 is 15.3 Å². The molecular formula is C15H22N2OS. The minimum Gasteiger partial charge on any atom is -0.396 e. The highest BCUT2D eigenvalue weighted by atomic mass is 32.1. The number of aliphatic hydroxyl groups is 1. The second-order valence-electron chi connectivity index (χ2n) is 5.44. The lowest BCUT2D eigenvalue weighted by atomic mass is 9.99. The van der Waals surface area contributed by atoms with E-state index >= 15 is 0 Å². The van der Waals surface area contributed by atoms with Gasteiger partial charge in [-0.3, -0.25) is 0 Å². The minimum absolute atomic E-state index is 0.253. The van der Waals surface area contributed by atoms with Crippen LogP contribution < -0.4 is 5.32 Å². The Balaban J connectivity index is 2.00. The standard InChI is InChI=1S/C15H22N2OS/c1-11-6-12(2)8-14(7-11)16-15(19)17-5-3-4-13(9-17)10-18/h6-8,13,18H,3-5,9-10H2,1-2H3,(H,16,19). The summed E-state index contributed by atoms with van der Waals surface area (Å²) in [5.74, 6) is 0.354. The van der Waals surface area contributed by atoms with Crippen molar-refractivity contribution in [2.24, 2.45) is 5.92 Å². The molecule has 104 valence electrons. The number of hydrogen-bond acceptors (Lipinski definition) is 2. The Morgan fingerprint density at radius 3 is 2.68 bits per heavy atom. The van der Waals surface area contributed by atoms with Crippen LogP contribution in [-0.4, -0.2) is 34.8 Å². The summed E-state index contributed by atoms with van der Waals surface area (Å²) >= 11 is 5.48. The molecular weight excluding hydrogens is 256 g/mol. The number of piperidine rings is 1. The average Bonchev–Trinajstić information content (AvgIpc) is 2.37. The van der Waals surface area contributed by atoms with Gasteiger partial charge >= 0.3 is 0 Å². The number of nitrogens with zero attached hydrogens (tertiary/aromatic N) is 1. The smallest absolute Gasteiger partial charge is 0.173 e. The van der Waals surface area contributed by atoms with E-state index in [1.165, 1.54) is 11.1 Å². The molecule has 1 aromatic carbocycles. The molecule has 1 unspecified atom stereocenters. The molecule has 1 heterocycles. The first kappa shape index (κ1) is 14.3. The SMILES string of the molecule is Cc1cc(C)cc(NC(=S)N2CCCC(CO)C2)c1. The molecule has 1 aromatic rings. The molecule has 1 aliphatic rings. The summed E-state index contributed by atoms with van der Waals surface area (Å²) < 4.78 is 0. The van der Waals surface area contributed by atoms with E-state index in [0.29, 0.717) is 5.92 Å². The molecule has 2 N–H and O–H groups in total. The lowest BCUT2D eigenvalue weighted by Gasteiger charge is -2.33. The van der Waals surface area contributed by atoms with Crippen molar-refractivity contribution in [1.29, 1.82) is 0 Å². The van der Waals surface area contributed by atoms with E-state index in [9.17, 15) is 5.11 Å². The van der Waals surface area contributed by atoms with Crippen LogP contribution in [0.3, 0.4) is 0 Å². The largest absolute Gasteiger partial charge is 0.396 e. The van der Waals surface area contributed by atoms with Crippen LogP contribution in [0.4, 0.5) is 5.69 Å². The zero-order valence-electron chi connectivity index (χ0n) is 11.6. The molecule has 3 nitrogen and oxygen atoms in total. The highest BCUT2D eigenvalue weighted by Gasteiger charge is 2.21. The molecule has 1 atom stereocenters. The molecule has 2 rings (SSSR count). The number of rotatable bonds is 2. The fourth-order valence-corrected chi connectivity index (χ4v) is 2.93. The van der Waals surface area contributed by atoms with Gasteiger partial charge in [-0.1, -0.05) is 6.07 Å². The molecule has 0 spiro atoms. The Morgan fingerprint density at radius 2 is 2.05 bits per heavy atom. The normalized spacial score (nSPS) is 19.3. The molecule has 0 saturated carbocycles. The van der Waals surface area contributed by atoms with E-state index < -0.39 is 0 Å². The van der Waals surface area contributed by atoms with Crippen molar-refractivity contribution in [1.82, 2.24) is 4.90 Å². The van der Waals surface area contributed by atoms with Gasteiger partial charge in [0.05, 0.1) is 0 Å². The topological polar surface area (TPSA) is 35.5 Å². The zero-order valence-corrected chi connectivity index (χ0v) is 12.5. The third-order valence-corrected chi connectivity index (χ3v) is 3.90. The Hall–Kier alpha value is -1.13. The maximum atomic E-state index is 9.26. The van der Waals surface area contributed by atoms with E-state index in [1.807, 2.05) is 0 Å². The van der Waals surface area contributed by atoms with Gasteiger partial charge in [-0.15, -0.1) is 0 Å². The highest BCUT2D eigenvalue weighted by molar-refractivity contribution is 7.80. The highest BCUT2D eigenvalue weighted by Crippen LogP contribution is 2.18. The minimum atomic E-state index is 0.253. The van der Waals surface area contributed by atoms with E-state index in [-0.39, 0.29) is 6.61 Å². The van der Waals surface area contributed by atoms with Gasteiger partial charge in [0.1, 0.15) is 0 Å². The van der Waals surface area contributed by atoms with Crippen LogP contribution >= 0.6 is 12.2 Å². The summed E-state index contributed by atoms with van der Waals surface area (Å²) in [5.41, 5.74) is 3.52. The third-order valence-electron chi connectivity index (χ3n) is 3.54. The number of anilines is 1. The third kappa shape index (κ3) is 3.91. The summed E-state index contributed by atoms with van der Waals surface area (Å²) in [5, 5.41) is 13.3. The van der Waals surface area contributed by atoms with Crippen LogP contribution in [0.2, 0.25) is 0 Å². The summed E-state index contributed by atoms with van der Waals surface area (Å²) in [7, 11) is 0. The van der Waals surface area contributed by atoms with E-state index in [2.05, 4.69) is 42.3 Å². The monoisotopic (exact) mass is 278 g/mol. The van der Waals surface area contributed by atoms with Crippen LogP contribution in [0.1, 0.15) is 24.0 Å². The summed E-state index contributed by atoms with van der Waals surface area (Å²) in [6, 6.07) is 6.36. The number of thiocarbonyl (C=S) groups is 1. The fourth-order valence-electron chi connectivity index (χ4n) is 2.65. The van der Waals surface area contributed by atoms with Gasteiger partial charge in [0.15, 0.2) is 5.11 Å². The second-order valence-corrected chi connectivity index (χ2v) is 5.83. The van der Waals surface area contributed by atoms with E-state index in [4.69, 9.17) is 12.2 Å². The molecule has 0 radical (unpaired) electrons. The van der Waals surface area contributed by atoms with E-state index in [0.717, 1.165) is 36.7 Å². The molecule has 4 heteroatoms. The van der Waals surface area contributed by atoms with Crippen molar-refractivity contribution in [2.75, 3.05) is 25.0 Å². The van der Waals surface area contributed by atoms with Crippen LogP contribution in [0.15, 0.2) is 18.2 Å². The van der Waals surface area contributed by atoms with Gasteiger partial charge in [0.25, 0.3) is 0 Å². The van der Waals surface area contributed by atoms with Crippen LogP contribution in [0.25, 0.3) is 0 Å². The van der Waals surface area contributed by atoms with Crippen LogP contribution in [-0.2, 0) is 0 Å². The lowest BCUT2D eigenvalue weighted by Crippen LogP contribution is -2.43. The zero-order chi connectivity index (χ0) is 13.8. The van der Waals surface area contributed by atoms with Gasteiger partial charge in [-0.25, -0.2) is 0 Å². The van der Waals surface area contributed by atoms with Crippen molar-refractivity contribution in [3.8, 4) is 0 Å². The number of likely N-dealkylation sites (tertiary alicyclic amines) is 1. The summed E-state index contributed by atoms with van der Waals surface area (Å²) in [6.45, 7) is 6.26. The fraction of sp³-hybridized carbons (Fsp3) is 0.533. The van der Waals surface area contributed by atoms with Crippen molar-refractivity contribution in [2.45, 2.75) is 26.7 Å². The van der Waals surface area contributed by atoms with Gasteiger partial charge in [-0.05, 0) is 68.1 Å². The van der Waals surface area contributed by atoms with Gasteiger partial charge in [0.2, 0.25) is 0 Å². The van der Waals surface area contributed by atoms with Crippen molar-refractivity contribution in [3.05, 3.63) is 29.3 Å². The number of aryl methyl sites for hydroxylation is 2. The molecule has 1 saturated heterocycles. The quantitative estimate of drug-likeness (QED) is 0.815. The van der Waals surface area contributed by atoms with Gasteiger partial charge in [0, 0.05) is 25.4 Å². The maximum absolute atomic E-state index is 9.26. The molecule has 19 heavy (non-hydrogen) atoms. The van der Waals surface area contributed by atoms with Crippen LogP contribution in [0.5, 0.6) is 0 Å². The number of nitrogens with one attached hydrogen (secondary N) is 1. The average molecular weight is 278 g/mol. The van der Waals surface area contributed by atoms with Crippen molar-refractivity contribution in [3.63, 3.8) is 0 Å². The summed E-state index contributed by atoms with van der Waals surface area (Å²) in [4.78, 5) is 2.16. The first-order chi connectivity index (χ1) is 9.08. The van der Waals surface area contributed by atoms with Gasteiger partial charge in [-0.2, -0.15) is 0 Å². The molecule has 0 aliphatic carbocycles. The Labute approximate surface area is 120 Å². The molecule has 0 bridgehead atoms. The summed E-state index contributed by atoms with van der Waals surface area (Å²) in [6.07, 6.45) is 2.19.